The molecule has 2 fully saturated rings. The summed E-state index contributed by atoms with van der Waals surface area (Å²) in [6, 6.07) is 2.40. The first-order valence-electron chi connectivity index (χ1n) is 7.34. The number of morpholine rings is 1. The van der Waals surface area contributed by atoms with Crippen LogP contribution in [0.25, 0.3) is 0 Å². The summed E-state index contributed by atoms with van der Waals surface area (Å²) in [7, 11) is 0. The fourth-order valence-corrected chi connectivity index (χ4v) is 3.36. The SMILES string of the molecule is O[C@H](CN1CCO[C@H]2CCCC[C@@H]21)Cn1cccn1. The molecular formula is C14H23N3O2. The predicted octanol–water partition coefficient (Wildman–Crippen LogP) is 0.887. The third-order valence-electron chi connectivity index (χ3n) is 4.25. The minimum Gasteiger partial charge on any atom is -0.390 e. The van der Waals surface area contributed by atoms with Gasteiger partial charge in [0.05, 0.1) is 25.4 Å². The molecule has 1 aliphatic carbocycles. The molecule has 1 aliphatic heterocycles. The second-order valence-electron chi connectivity index (χ2n) is 5.64. The highest BCUT2D eigenvalue weighted by Gasteiger charge is 2.34. The lowest BCUT2D eigenvalue weighted by Crippen LogP contribution is -2.54. The van der Waals surface area contributed by atoms with Crippen LogP contribution in [0.2, 0.25) is 0 Å². The first kappa shape index (κ1) is 13.1. The van der Waals surface area contributed by atoms with Crippen LogP contribution in [0.1, 0.15) is 25.7 Å². The van der Waals surface area contributed by atoms with E-state index in [4.69, 9.17) is 4.74 Å². The zero-order chi connectivity index (χ0) is 13.1. The van der Waals surface area contributed by atoms with Crippen molar-refractivity contribution < 1.29 is 9.84 Å². The molecule has 2 aliphatic rings. The van der Waals surface area contributed by atoms with E-state index in [2.05, 4.69) is 10.00 Å². The number of fused-ring (bicyclic) bond motifs is 1. The van der Waals surface area contributed by atoms with Crippen molar-refractivity contribution in [2.45, 2.75) is 50.5 Å². The number of aliphatic hydroxyl groups is 1. The average molecular weight is 265 g/mol. The zero-order valence-corrected chi connectivity index (χ0v) is 11.3. The van der Waals surface area contributed by atoms with Gasteiger partial charge in [0.2, 0.25) is 0 Å². The van der Waals surface area contributed by atoms with Crippen molar-refractivity contribution in [2.75, 3.05) is 19.7 Å². The van der Waals surface area contributed by atoms with E-state index >= 15 is 0 Å². The van der Waals surface area contributed by atoms with Gasteiger partial charge in [0.25, 0.3) is 0 Å². The summed E-state index contributed by atoms with van der Waals surface area (Å²) in [5.74, 6) is 0. The number of aromatic nitrogens is 2. The fraction of sp³-hybridized carbons (Fsp3) is 0.786. The highest BCUT2D eigenvalue weighted by atomic mass is 16.5. The Bertz CT molecular complexity index is 380. The molecule has 0 bridgehead atoms. The van der Waals surface area contributed by atoms with Crippen LogP contribution in [-0.2, 0) is 11.3 Å². The molecule has 106 valence electrons. The largest absolute Gasteiger partial charge is 0.390 e. The van der Waals surface area contributed by atoms with Crippen LogP contribution in [0.15, 0.2) is 18.5 Å². The summed E-state index contributed by atoms with van der Waals surface area (Å²) in [4.78, 5) is 2.42. The van der Waals surface area contributed by atoms with E-state index in [1.165, 1.54) is 25.7 Å². The van der Waals surface area contributed by atoms with Crippen LogP contribution < -0.4 is 0 Å². The average Bonchev–Trinajstić information content (AvgIpc) is 2.92. The number of hydrogen-bond acceptors (Lipinski definition) is 4. The van der Waals surface area contributed by atoms with Gasteiger partial charge in [0.1, 0.15) is 0 Å². The molecule has 0 aromatic carbocycles. The second kappa shape index (κ2) is 6.03. The predicted molar refractivity (Wildman–Crippen MR) is 71.8 cm³/mol. The quantitative estimate of drug-likeness (QED) is 0.878. The Morgan fingerprint density at radius 2 is 2.21 bits per heavy atom. The maximum Gasteiger partial charge on any atom is 0.0862 e. The van der Waals surface area contributed by atoms with Crippen molar-refractivity contribution in [3.05, 3.63) is 18.5 Å². The van der Waals surface area contributed by atoms with Crippen molar-refractivity contribution in [3.8, 4) is 0 Å². The first-order chi connectivity index (χ1) is 9.33. The number of hydrogen-bond donors (Lipinski definition) is 1. The molecule has 1 aromatic heterocycles. The summed E-state index contributed by atoms with van der Waals surface area (Å²) in [6.07, 6.45) is 8.63. The summed E-state index contributed by atoms with van der Waals surface area (Å²) >= 11 is 0. The second-order valence-corrected chi connectivity index (χ2v) is 5.64. The smallest absolute Gasteiger partial charge is 0.0862 e. The summed E-state index contributed by atoms with van der Waals surface area (Å²) in [6.45, 7) is 3.04. The lowest BCUT2D eigenvalue weighted by Gasteiger charge is -2.44. The van der Waals surface area contributed by atoms with Crippen LogP contribution in [0.3, 0.4) is 0 Å². The minimum absolute atomic E-state index is 0.361. The van der Waals surface area contributed by atoms with Gasteiger partial charge in [-0.3, -0.25) is 9.58 Å². The molecule has 0 unspecified atom stereocenters. The third kappa shape index (κ3) is 3.16. The van der Waals surface area contributed by atoms with Crippen molar-refractivity contribution >= 4 is 0 Å². The van der Waals surface area contributed by atoms with Gasteiger partial charge in [-0.25, -0.2) is 0 Å². The Labute approximate surface area is 114 Å². The highest BCUT2D eigenvalue weighted by Crippen LogP contribution is 2.28. The normalized spacial score (nSPS) is 29.9. The molecule has 5 nitrogen and oxygen atoms in total. The third-order valence-corrected chi connectivity index (χ3v) is 4.25. The molecule has 1 saturated carbocycles. The molecule has 3 atom stereocenters. The van der Waals surface area contributed by atoms with Crippen LogP contribution in [-0.4, -0.2) is 57.7 Å². The highest BCUT2D eigenvalue weighted by molar-refractivity contribution is 4.88. The molecular weight excluding hydrogens is 242 g/mol. The molecule has 1 saturated heterocycles. The Morgan fingerprint density at radius 3 is 3.05 bits per heavy atom. The van der Waals surface area contributed by atoms with Gasteiger partial charge < -0.3 is 9.84 Å². The van der Waals surface area contributed by atoms with Crippen LogP contribution in [0.4, 0.5) is 0 Å². The molecule has 0 amide bonds. The Balaban J connectivity index is 1.55. The molecule has 5 heteroatoms. The maximum absolute atomic E-state index is 10.2. The number of ether oxygens (including phenoxy) is 1. The van der Waals surface area contributed by atoms with Gasteiger partial charge >= 0.3 is 0 Å². The van der Waals surface area contributed by atoms with Crippen LogP contribution in [0.5, 0.6) is 0 Å². The monoisotopic (exact) mass is 265 g/mol. The molecule has 1 N–H and O–H groups in total. The lowest BCUT2D eigenvalue weighted by atomic mass is 9.90. The Hall–Kier alpha value is -0.910. The van der Waals surface area contributed by atoms with E-state index in [-0.39, 0.29) is 6.10 Å². The lowest BCUT2D eigenvalue weighted by molar-refractivity contribution is -0.0981. The van der Waals surface area contributed by atoms with Gasteiger partial charge in [-0.15, -0.1) is 0 Å². The Kier molecular flexibility index (Phi) is 4.15. The van der Waals surface area contributed by atoms with Crippen molar-refractivity contribution in [2.24, 2.45) is 0 Å². The molecule has 19 heavy (non-hydrogen) atoms. The summed E-state index contributed by atoms with van der Waals surface area (Å²) < 4.78 is 7.65. The first-order valence-corrected chi connectivity index (χ1v) is 7.34. The van der Waals surface area contributed by atoms with E-state index in [0.717, 1.165) is 19.7 Å². The molecule has 1 aromatic rings. The topological polar surface area (TPSA) is 50.5 Å². The van der Waals surface area contributed by atoms with Gasteiger partial charge in [-0.1, -0.05) is 12.8 Å². The number of aliphatic hydroxyl groups excluding tert-OH is 1. The Morgan fingerprint density at radius 1 is 1.32 bits per heavy atom. The van der Waals surface area contributed by atoms with Crippen molar-refractivity contribution in [1.29, 1.82) is 0 Å². The number of nitrogens with zero attached hydrogens (tertiary/aromatic N) is 3. The maximum atomic E-state index is 10.2. The summed E-state index contributed by atoms with van der Waals surface area (Å²) in [5.41, 5.74) is 0. The standard InChI is InChI=1S/C14H23N3O2/c18-12(11-17-7-3-6-15-17)10-16-8-9-19-14-5-2-1-4-13(14)16/h3,6-7,12-14,18H,1-2,4-5,8-11H2/t12-,13+,14+/m1/s1. The van der Waals surface area contributed by atoms with Crippen LogP contribution >= 0.6 is 0 Å². The van der Waals surface area contributed by atoms with Gasteiger partial charge in [-0.05, 0) is 18.9 Å². The van der Waals surface area contributed by atoms with Gasteiger partial charge in [0.15, 0.2) is 0 Å². The van der Waals surface area contributed by atoms with E-state index < -0.39 is 0 Å². The van der Waals surface area contributed by atoms with E-state index in [9.17, 15) is 5.11 Å². The zero-order valence-electron chi connectivity index (χ0n) is 11.3. The summed E-state index contributed by atoms with van der Waals surface area (Å²) in [5, 5.41) is 14.4. The molecule has 3 rings (SSSR count). The van der Waals surface area contributed by atoms with Crippen molar-refractivity contribution in [1.82, 2.24) is 14.7 Å². The molecule has 0 spiro atoms. The van der Waals surface area contributed by atoms with E-state index in [1.54, 1.807) is 10.9 Å². The molecule has 2 heterocycles. The number of β-amino-alcohol motifs (C(OH)–C–C–N with tert-alkyl or cyclic N) is 1. The minimum atomic E-state index is -0.361. The van der Waals surface area contributed by atoms with Gasteiger partial charge in [-0.2, -0.15) is 5.10 Å². The van der Waals surface area contributed by atoms with E-state index in [0.29, 0.717) is 18.7 Å². The number of rotatable bonds is 4. The van der Waals surface area contributed by atoms with Gasteiger partial charge in [0, 0.05) is 31.5 Å². The molecule has 0 radical (unpaired) electrons. The fourth-order valence-electron chi connectivity index (χ4n) is 3.36. The van der Waals surface area contributed by atoms with Crippen molar-refractivity contribution in [3.63, 3.8) is 0 Å². The van der Waals surface area contributed by atoms with E-state index in [1.807, 2.05) is 12.3 Å². The van der Waals surface area contributed by atoms with Crippen LogP contribution in [0, 0.1) is 0 Å².